The number of ether oxygens (including phenoxy) is 1. The van der Waals surface area contributed by atoms with Crippen LogP contribution in [0.4, 0.5) is 0 Å². The molecule has 2 aromatic carbocycles. The van der Waals surface area contributed by atoms with Crippen molar-refractivity contribution in [2.75, 3.05) is 19.6 Å². The Hall–Kier alpha value is -1.48. The Labute approximate surface area is 153 Å². The van der Waals surface area contributed by atoms with Crippen LogP contribution in [0.1, 0.15) is 25.3 Å². The molecule has 24 heavy (non-hydrogen) atoms. The van der Waals surface area contributed by atoms with Crippen molar-refractivity contribution in [3.63, 3.8) is 0 Å². The molecule has 3 rings (SSSR count). The number of hydrogen-bond donors (Lipinski definition) is 0. The third-order valence-corrected chi connectivity index (χ3v) is 4.82. The first-order valence-corrected chi connectivity index (χ1v) is 9.00. The highest BCUT2D eigenvalue weighted by Gasteiger charge is 2.09. The second-order valence-electron chi connectivity index (χ2n) is 6.10. The lowest BCUT2D eigenvalue weighted by Crippen LogP contribution is -2.18. The Morgan fingerprint density at radius 2 is 1.79 bits per heavy atom. The first kappa shape index (κ1) is 17.3. The molecule has 126 valence electrons. The standard InChI is InChI=1S/C20H21Cl2NO/c1-15(10-13-23-11-2-3-12-23)16-4-7-18(8-5-16)24-20-9-6-17(21)14-19(20)22/h4-10,14H,2-3,11-13H2,1H3. The topological polar surface area (TPSA) is 12.5 Å². The summed E-state index contributed by atoms with van der Waals surface area (Å²) in [5, 5.41) is 1.11. The second-order valence-corrected chi connectivity index (χ2v) is 6.94. The fourth-order valence-corrected chi connectivity index (χ4v) is 3.27. The average Bonchev–Trinajstić information content (AvgIpc) is 3.09. The molecule has 4 heteroatoms. The van der Waals surface area contributed by atoms with Crippen molar-refractivity contribution in [2.45, 2.75) is 19.8 Å². The van der Waals surface area contributed by atoms with Crippen molar-refractivity contribution >= 4 is 28.8 Å². The zero-order valence-corrected chi connectivity index (χ0v) is 15.3. The predicted octanol–water partition coefficient (Wildman–Crippen LogP) is 6.28. The fraction of sp³-hybridized carbons (Fsp3) is 0.300. The number of likely N-dealkylation sites (tertiary alicyclic amines) is 1. The van der Waals surface area contributed by atoms with E-state index < -0.39 is 0 Å². The van der Waals surface area contributed by atoms with Gasteiger partial charge in [0.2, 0.25) is 0 Å². The molecule has 0 unspecified atom stereocenters. The van der Waals surface area contributed by atoms with E-state index in [9.17, 15) is 0 Å². The minimum Gasteiger partial charge on any atom is -0.456 e. The van der Waals surface area contributed by atoms with Crippen molar-refractivity contribution < 1.29 is 4.74 Å². The molecule has 0 saturated carbocycles. The van der Waals surface area contributed by atoms with E-state index in [4.69, 9.17) is 27.9 Å². The number of nitrogens with zero attached hydrogens (tertiary/aromatic N) is 1. The van der Waals surface area contributed by atoms with Crippen LogP contribution in [0.15, 0.2) is 48.5 Å². The molecule has 0 radical (unpaired) electrons. The SMILES string of the molecule is CC(=CCN1CCCC1)c1ccc(Oc2ccc(Cl)cc2Cl)cc1. The predicted molar refractivity (Wildman–Crippen MR) is 102 cm³/mol. The summed E-state index contributed by atoms with van der Waals surface area (Å²) < 4.78 is 5.82. The minimum atomic E-state index is 0.508. The van der Waals surface area contributed by atoms with Gasteiger partial charge in [-0.25, -0.2) is 0 Å². The normalized spacial score (nSPS) is 15.7. The van der Waals surface area contributed by atoms with Crippen molar-refractivity contribution in [3.05, 3.63) is 64.1 Å². The maximum absolute atomic E-state index is 6.14. The Bertz CT molecular complexity index is 719. The Morgan fingerprint density at radius 3 is 2.46 bits per heavy atom. The number of allylic oxidation sites excluding steroid dienone is 1. The molecule has 0 aromatic heterocycles. The monoisotopic (exact) mass is 361 g/mol. The summed E-state index contributed by atoms with van der Waals surface area (Å²) in [5.74, 6) is 1.37. The van der Waals surface area contributed by atoms with E-state index in [2.05, 4.69) is 30.0 Å². The van der Waals surface area contributed by atoms with E-state index in [0.717, 1.165) is 12.3 Å². The lowest BCUT2D eigenvalue weighted by Gasteiger charge is -2.12. The van der Waals surface area contributed by atoms with Gasteiger partial charge < -0.3 is 4.74 Å². The summed E-state index contributed by atoms with van der Waals surface area (Å²) in [4.78, 5) is 2.49. The quantitative estimate of drug-likeness (QED) is 0.620. The third-order valence-electron chi connectivity index (χ3n) is 4.29. The van der Waals surface area contributed by atoms with Gasteiger partial charge in [-0.05, 0) is 74.3 Å². The lowest BCUT2D eigenvalue weighted by atomic mass is 10.1. The van der Waals surface area contributed by atoms with Crippen LogP contribution < -0.4 is 4.74 Å². The summed E-state index contributed by atoms with van der Waals surface area (Å²) in [6, 6.07) is 13.3. The molecule has 0 N–H and O–H groups in total. The second kappa shape index (κ2) is 8.06. The van der Waals surface area contributed by atoms with E-state index in [1.165, 1.54) is 37.1 Å². The molecule has 1 fully saturated rings. The van der Waals surface area contributed by atoms with E-state index in [0.29, 0.717) is 15.8 Å². The summed E-state index contributed by atoms with van der Waals surface area (Å²) in [5.41, 5.74) is 2.50. The van der Waals surface area contributed by atoms with Gasteiger partial charge in [0.15, 0.2) is 0 Å². The van der Waals surface area contributed by atoms with Crippen LogP contribution in [-0.2, 0) is 0 Å². The summed E-state index contributed by atoms with van der Waals surface area (Å²) in [7, 11) is 0. The van der Waals surface area contributed by atoms with Crippen LogP contribution in [0, 0.1) is 0 Å². The molecule has 0 amide bonds. The molecule has 0 atom stereocenters. The van der Waals surface area contributed by atoms with Gasteiger partial charge in [-0.1, -0.05) is 41.4 Å². The summed E-state index contributed by atoms with van der Waals surface area (Å²) >= 11 is 12.0. The molecule has 1 heterocycles. The van der Waals surface area contributed by atoms with Crippen molar-refractivity contribution in [2.24, 2.45) is 0 Å². The van der Waals surface area contributed by atoms with Gasteiger partial charge in [0, 0.05) is 11.6 Å². The molecular weight excluding hydrogens is 341 g/mol. The van der Waals surface area contributed by atoms with Crippen LogP contribution in [0.2, 0.25) is 10.0 Å². The van der Waals surface area contributed by atoms with Gasteiger partial charge in [-0.3, -0.25) is 4.90 Å². The molecular formula is C20H21Cl2NO. The highest BCUT2D eigenvalue weighted by atomic mass is 35.5. The van der Waals surface area contributed by atoms with E-state index in [-0.39, 0.29) is 0 Å². The molecule has 1 saturated heterocycles. The molecule has 2 nitrogen and oxygen atoms in total. The van der Waals surface area contributed by atoms with Crippen LogP contribution in [0.3, 0.4) is 0 Å². The van der Waals surface area contributed by atoms with Crippen molar-refractivity contribution in [1.29, 1.82) is 0 Å². The minimum absolute atomic E-state index is 0.508. The smallest absolute Gasteiger partial charge is 0.146 e. The highest BCUT2D eigenvalue weighted by molar-refractivity contribution is 6.35. The molecule has 1 aliphatic rings. The largest absolute Gasteiger partial charge is 0.456 e. The molecule has 0 spiro atoms. The zero-order valence-electron chi connectivity index (χ0n) is 13.8. The van der Waals surface area contributed by atoms with E-state index >= 15 is 0 Å². The Kier molecular flexibility index (Phi) is 5.83. The molecule has 0 aliphatic carbocycles. The number of rotatable bonds is 5. The third kappa shape index (κ3) is 4.54. The van der Waals surface area contributed by atoms with E-state index in [1.807, 2.05) is 12.1 Å². The highest BCUT2D eigenvalue weighted by Crippen LogP contribution is 2.32. The zero-order chi connectivity index (χ0) is 16.9. The fourth-order valence-electron chi connectivity index (χ4n) is 2.82. The molecule has 2 aromatic rings. The van der Waals surface area contributed by atoms with Gasteiger partial charge in [-0.2, -0.15) is 0 Å². The van der Waals surface area contributed by atoms with Crippen molar-refractivity contribution in [1.82, 2.24) is 4.90 Å². The first-order valence-electron chi connectivity index (χ1n) is 8.24. The summed E-state index contributed by atoms with van der Waals surface area (Å²) in [6.07, 6.45) is 4.95. The molecule has 0 bridgehead atoms. The maximum Gasteiger partial charge on any atom is 0.146 e. The number of benzene rings is 2. The van der Waals surface area contributed by atoms with Gasteiger partial charge in [0.25, 0.3) is 0 Å². The Balaban J connectivity index is 1.65. The van der Waals surface area contributed by atoms with Crippen LogP contribution in [0.25, 0.3) is 5.57 Å². The first-order chi connectivity index (χ1) is 11.6. The van der Waals surface area contributed by atoms with Crippen LogP contribution in [0.5, 0.6) is 11.5 Å². The average molecular weight is 362 g/mol. The lowest BCUT2D eigenvalue weighted by molar-refractivity contribution is 0.377. The summed E-state index contributed by atoms with van der Waals surface area (Å²) in [6.45, 7) is 5.63. The van der Waals surface area contributed by atoms with Gasteiger partial charge >= 0.3 is 0 Å². The van der Waals surface area contributed by atoms with Crippen molar-refractivity contribution in [3.8, 4) is 11.5 Å². The Morgan fingerprint density at radius 1 is 1.08 bits per heavy atom. The van der Waals surface area contributed by atoms with Crippen LogP contribution >= 0.6 is 23.2 Å². The maximum atomic E-state index is 6.14. The number of halogens is 2. The number of hydrogen-bond acceptors (Lipinski definition) is 2. The van der Waals surface area contributed by atoms with Gasteiger partial charge in [0.05, 0.1) is 5.02 Å². The molecule has 1 aliphatic heterocycles. The van der Waals surface area contributed by atoms with Gasteiger partial charge in [0.1, 0.15) is 11.5 Å². The van der Waals surface area contributed by atoms with E-state index in [1.54, 1.807) is 18.2 Å². The van der Waals surface area contributed by atoms with Gasteiger partial charge in [-0.15, -0.1) is 0 Å². The van der Waals surface area contributed by atoms with Crippen LogP contribution in [-0.4, -0.2) is 24.5 Å².